The van der Waals surface area contributed by atoms with Crippen LogP contribution in [0.1, 0.15) is 29.2 Å². The fourth-order valence-corrected chi connectivity index (χ4v) is 5.00. The Morgan fingerprint density at radius 3 is 2.46 bits per heavy atom. The summed E-state index contributed by atoms with van der Waals surface area (Å²) >= 11 is 3.51. The third-order valence-corrected chi connectivity index (χ3v) is 7.18. The van der Waals surface area contributed by atoms with Crippen LogP contribution in [0, 0.1) is 6.92 Å². The minimum Gasteiger partial charge on any atom is -0.313 e. The Morgan fingerprint density at radius 1 is 0.946 bits per heavy atom. The summed E-state index contributed by atoms with van der Waals surface area (Å²) in [6, 6.07) is 29.8. The molecule has 0 saturated carbocycles. The molecule has 6 rings (SSSR count). The van der Waals surface area contributed by atoms with Crippen LogP contribution in [-0.4, -0.2) is 31.2 Å². The zero-order chi connectivity index (χ0) is 25.4. The van der Waals surface area contributed by atoms with Gasteiger partial charge in [0.2, 0.25) is 0 Å². The van der Waals surface area contributed by atoms with Crippen molar-refractivity contribution in [1.82, 2.24) is 19.5 Å². The number of hydrazone groups is 1. The monoisotopic (exact) mass is 549 g/mol. The van der Waals surface area contributed by atoms with Crippen molar-refractivity contribution < 1.29 is 4.79 Å². The molecule has 0 radical (unpaired) electrons. The van der Waals surface area contributed by atoms with Gasteiger partial charge in [0.25, 0.3) is 5.91 Å². The molecule has 6 nitrogen and oxygen atoms in total. The summed E-state index contributed by atoms with van der Waals surface area (Å²) in [6.07, 6.45) is 2.39. The fraction of sp³-hybridized carbons (Fsp3) is 0.133. The van der Waals surface area contributed by atoms with E-state index in [9.17, 15) is 4.79 Å². The highest BCUT2D eigenvalue weighted by atomic mass is 79.9. The largest absolute Gasteiger partial charge is 0.313 e. The zero-order valence-electron chi connectivity index (χ0n) is 20.3. The molecule has 1 aliphatic rings. The van der Waals surface area contributed by atoms with E-state index in [1.54, 1.807) is 11.2 Å². The lowest BCUT2D eigenvalue weighted by Gasteiger charge is -2.23. The predicted molar refractivity (Wildman–Crippen MR) is 149 cm³/mol. The first-order valence-electron chi connectivity index (χ1n) is 12.2. The summed E-state index contributed by atoms with van der Waals surface area (Å²) < 4.78 is 2.95. The van der Waals surface area contributed by atoms with Gasteiger partial charge < -0.3 is 4.57 Å². The van der Waals surface area contributed by atoms with Gasteiger partial charge in [-0.25, -0.2) is 9.99 Å². The summed E-state index contributed by atoms with van der Waals surface area (Å²) in [5.41, 5.74) is 6.59. The second-order valence-corrected chi connectivity index (χ2v) is 10.1. The molecule has 182 valence electrons. The predicted octanol–water partition coefficient (Wildman–Crippen LogP) is 6.55. The first-order chi connectivity index (χ1) is 18.1. The Labute approximate surface area is 223 Å². The number of aromatic nitrogens is 3. The van der Waals surface area contributed by atoms with E-state index in [0.29, 0.717) is 12.2 Å². The molecule has 1 unspecified atom stereocenters. The van der Waals surface area contributed by atoms with Crippen molar-refractivity contribution in [3.05, 3.63) is 118 Å². The number of rotatable bonds is 5. The normalized spacial score (nSPS) is 15.2. The molecule has 0 fully saturated rings. The lowest BCUT2D eigenvalue weighted by molar-refractivity contribution is -0.133. The number of carbonyl (C=O) groups excluding carboxylic acids is 1. The van der Waals surface area contributed by atoms with Crippen LogP contribution in [0.3, 0.4) is 0 Å². The van der Waals surface area contributed by atoms with Gasteiger partial charge in [-0.1, -0.05) is 76.1 Å². The molecule has 2 aromatic heterocycles. The van der Waals surface area contributed by atoms with E-state index < -0.39 is 0 Å². The van der Waals surface area contributed by atoms with E-state index >= 15 is 0 Å². The van der Waals surface area contributed by atoms with Crippen LogP contribution in [0.5, 0.6) is 0 Å². The van der Waals surface area contributed by atoms with Crippen LogP contribution < -0.4 is 0 Å². The van der Waals surface area contributed by atoms with Gasteiger partial charge in [0.1, 0.15) is 12.2 Å². The van der Waals surface area contributed by atoms with Gasteiger partial charge >= 0.3 is 0 Å². The lowest BCUT2D eigenvalue weighted by Crippen LogP contribution is -2.30. The van der Waals surface area contributed by atoms with Gasteiger partial charge in [-0.15, -0.1) is 0 Å². The average molecular weight is 550 g/mol. The number of pyridine rings is 1. The summed E-state index contributed by atoms with van der Waals surface area (Å²) in [6.45, 7) is 2.17. The molecule has 0 saturated heterocycles. The molecule has 3 heterocycles. The Hall–Kier alpha value is -4.10. The van der Waals surface area contributed by atoms with Gasteiger partial charge in [-0.2, -0.15) is 5.10 Å². The molecule has 1 aliphatic heterocycles. The van der Waals surface area contributed by atoms with Crippen LogP contribution in [0.2, 0.25) is 0 Å². The molecule has 1 atom stereocenters. The highest BCUT2D eigenvalue weighted by Crippen LogP contribution is 2.34. The Morgan fingerprint density at radius 2 is 1.70 bits per heavy atom. The maximum atomic E-state index is 14.0. The Balaban J connectivity index is 1.40. The number of carbonyl (C=O) groups is 1. The van der Waals surface area contributed by atoms with E-state index in [4.69, 9.17) is 10.1 Å². The first kappa shape index (κ1) is 23.3. The van der Waals surface area contributed by atoms with Crippen molar-refractivity contribution in [1.29, 1.82) is 0 Å². The lowest BCUT2D eigenvalue weighted by atomic mass is 9.98. The van der Waals surface area contributed by atoms with Crippen LogP contribution in [0.25, 0.3) is 22.6 Å². The second-order valence-electron chi connectivity index (χ2n) is 9.15. The third kappa shape index (κ3) is 4.58. The first-order valence-corrected chi connectivity index (χ1v) is 12.9. The van der Waals surface area contributed by atoms with Crippen LogP contribution >= 0.6 is 15.9 Å². The molecule has 0 N–H and O–H groups in total. The molecular weight excluding hydrogens is 526 g/mol. The molecule has 1 amide bonds. The van der Waals surface area contributed by atoms with Gasteiger partial charge in [-0.3, -0.25) is 9.78 Å². The van der Waals surface area contributed by atoms with E-state index in [1.807, 2.05) is 71.3 Å². The maximum absolute atomic E-state index is 14.0. The van der Waals surface area contributed by atoms with Crippen molar-refractivity contribution in [2.24, 2.45) is 5.10 Å². The standard InChI is InChI=1S/C30H24BrN5O/c1-20-9-11-22(12-10-20)28-18-26(21-13-15-23(31)16-14-21)34-36(28)29(37)19-35-27-8-3-2-6-24(27)33-30(35)25-7-4-5-17-32-25/h2-17,28H,18-19H2,1H3. The van der Waals surface area contributed by atoms with Crippen molar-refractivity contribution in [2.75, 3.05) is 0 Å². The zero-order valence-corrected chi connectivity index (χ0v) is 21.8. The highest BCUT2D eigenvalue weighted by molar-refractivity contribution is 9.10. The van der Waals surface area contributed by atoms with Crippen LogP contribution in [0.4, 0.5) is 0 Å². The van der Waals surface area contributed by atoms with Gasteiger partial charge in [0.05, 0.1) is 22.8 Å². The highest BCUT2D eigenvalue weighted by Gasteiger charge is 2.33. The summed E-state index contributed by atoms with van der Waals surface area (Å²) in [5, 5.41) is 6.52. The van der Waals surface area contributed by atoms with Crippen molar-refractivity contribution in [3.8, 4) is 11.5 Å². The summed E-state index contributed by atoms with van der Waals surface area (Å²) in [4.78, 5) is 23.3. The van der Waals surface area contributed by atoms with Gasteiger partial charge in [0.15, 0.2) is 5.82 Å². The number of benzene rings is 3. The smallest absolute Gasteiger partial charge is 0.263 e. The molecule has 37 heavy (non-hydrogen) atoms. The van der Waals surface area contributed by atoms with Crippen LogP contribution in [-0.2, 0) is 11.3 Å². The summed E-state index contributed by atoms with van der Waals surface area (Å²) in [5.74, 6) is 0.566. The van der Waals surface area contributed by atoms with Crippen molar-refractivity contribution in [2.45, 2.75) is 25.9 Å². The number of nitrogens with zero attached hydrogens (tertiary/aromatic N) is 5. The minimum absolute atomic E-state index is 0.0991. The van der Waals surface area contributed by atoms with E-state index in [-0.39, 0.29) is 18.5 Å². The quantitative estimate of drug-likeness (QED) is 0.250. The molecule has 0 spiro atoms. The number of halogens is 1. The average Bonchev–Trinajstić information content (AvgIpc) is 3.53. The number of fused-ring (bicyclic) bond motifs is 1. The molecular formula is C30H24BrN5O. The van der Waals surface area contributed by atoms with Crippen LogP contribution in [0.15, 0.2) is 107 Å². The van der Waals surface area contributed by atoms with E-state index in [0.717, 1.165) is 38.0 Å². The SMILES string of the molecule is Cc1ccc(C2CC(c3ccc(Br)cc3)=NN2C(=O)Cn2c(-c3ccccn3)nc3ccccc32)cc1. The van der Waals surface area contributed by atoms with E-state index in [2.05, 4.69) is 52.1 Å². The fourth-order valence-electron chi connectivity index (χ4n) is 4.74. The number of aryl methyl sites for hydroxylation is 1. The van der Waals surface area contributed by atoms with E-state index in [1.165, 1.54) is 5.56 Å². The molecule has 7 heteroatoms. The molecule has 0 bridgehead atoms. The molecule has 5 aromatic rings. The number of para-hydroxylation sites is 2. The minimum atomic E-state index is -0.181. The summed E-state index contributed by atoms with van der Waals surface area (Å²) in [7, 11) is 0. The topological polar surface area (TPSA) is 63.4 Å². The Kier molecular flexibility index (Phi) is 6.14. The number of amides is 1. The molecule has 3 aromatic carbocycles. The molecule has 0 aliphatic carbocycles. The van der Waals surface area contributed by atoms with Gasteiger partial charge in [-0.05, 0) is 54.4 Å². The third-order valence-electron chi connectivity index (χ3n) is 6.65. The van der Waals surface area contributed by atoms with Gasteiger partial charge in [0, 0.05) is 17.1 Å². The Bertz CT molecular complexity index is 1610. The maximum Gasteiger partial charge on any atom is 0.263 e. The number of hydrogen-bond acceptors (Lipinski definition) is 4. The van der Waals surface area contributed by atoms with Crippen molar-refractivity contribution in [3.63, 3.8) is 0 Å². The number of hydrogen-bond donors (Lipinski definition) is 0. The van der Waals surface area contributed by atoms with Crippen molar-refractivity contribution >= 4 is 38.6 Å². The second kappa shape index (κ2) is 9.75. The number of imidazole rings is 1.